The van der Waals surface area contributed by atoms with Crippen LogP contribution >= 0.6 is 11.9 Å². The van der Waals surface area contributed by atoms with Gasteiger partial charge in [0.15, 0.2) is 0 Å². The summed E-state index contributed by atoms with van der Waals surface area (Å²) in [4.78, 5) is 15.1. The molecule has 0 saturated heterocycles. The first-order valence-corrected chi connectivity index (χ1v) is 14.6. The fraction of sp³-hybridized carbons (Fsp3) is 0.212. The van der Waals surface area contributed by atoms with Crippen LogP contribution in [0, 0.1) is 20.8 Å². The predicted molar refractivity (Wildman–Crippen MR) is 172 cm³/mol. The van der Waals surface area contributed by atoms with Crippen molar-refractivity contribution < 1.29 is 5.11 Å². The Morgan fingerprint density at radius 2 is 1.69 bits per heavy atom. The maximum absolute atomic E-state index is 10.3. The van der Waals surface area contributed by atoms with Gasteiger partial charge in [-0.3, -0.25) is 9.67 Å². The van der Waals surface area contributed by atoms with Crippen molar-refractivity contribution in [2.45, 2.75) is 51.7 Å². The Morgan fingerprint density at radius 3 is 2.45 bits per heavy atom. The molecule has 9 heteroatoms. The van der Waals surface area contributed by atoms with Crippen LogP contribution in [0.15, 0.2) is 84.1 Å². The number of anilines is 3. The largest absolute Gasteiger partial charge is 0.389 e. The van der Waals surface area contributed by atoms with E-state index < -0.39 is 5.60 Å². The molecule has 0 fully saturated rings. The van der Waals surface area contributed by atoms with E-state index >= 15 is 0 Å². The molecular formula is C33H33N7OS. The SMILES string of the molecule is Cc1cc(C)nc(NSc2ccc(Nc3cc4c(-c5ccc6c(cnn6CC(C)(C)O)c5C)nccc4cn3)cc2)c1. The van der Waals surface area contributed by atoms with Crippen molar-refractivity contribution in [3.8, 4) is 11.3 Å². The number of fused-ring (bicyclic) bond motifs is 2. The third-order valence-electron chi connectivity index (χ3n) is 7.03. The Balaban J connectivity index is 1.24. The molecule has 2 aromatic carbocycles. The van der Waals surface area contributed by atoms with Crippen molar-refractivity contribution in [1.29, 1.82) is 0 Å². The fourth-order valence-corrected chi connectivity index (χ4v) is 5.75. The van der Waals surface area contributed by atoms with Gasteiger partial charge in [0, 0.05) is 50.4 Å². The molecule has 0 saturated carbocycles. The lowest BCUT2D eigenvalue weighted by molar-refractivity contribution is 0.0591. The zero-order valence-corrected chi connectivity index (χ0v) is 25.1. The third kappa shape index (κ3) is 5.93. The summed E-state index contributed by atoms with van der Waals surface area (Å²) >= 11 is 1.53. The molecule has 0 aliphatic heterocycles. The predicted octanol–water partition coefficient (Wildman–Crippen LogP) is 7.60. The zero-order chi connectivity index (χ0) is 29.4. The molecule has 0 aliphatic rings. The molecule has 212 valence electrons. The number of rotatable bonds is 8. The summed E-state index contributed by atoms with van der Waals surface area (Å²) in [5, 5.41) is 21.4. The fourth-order valence-electron chi connectivity index (χ4n) is 5.15. The van der Waals surface area contributed by atoms with Crippen molar-refractivity contribution in [2.75, 3.05) is 10.0 Å². The second-order valence-electron chi connectivity index (χ2n) is 11.3. The lowest BCUT2D eigenvalue weighted by Gasteiger charge is -2.18. The van der Waals surface area contributed by atoms with Crippen LogP contribution in [0.5, 0.6) is 0 Å². The molecule has 0 atom stereocenters. The van der Waals surface area contributed by atoms with Gasteiger partial charge >= 0.3 is 0 Å². The monoisotopic (exact) mass is 575 g/mol. The second-order valence-corrected chi connectivity index (χ2v) is 12.1. The van der Waals surface area contributed by atoms with Gasteiger partial charge < -0.3 is 15.1 Å². The van der Waals surface area contributed by atoms with Crippen molar-refractivity contribution >= 4 is 50.9 Å². The molecule has 0 amide bonds. The summed E-state index contributed by atoms with van der Waals surface area (Å²) in [6.07, 6.45) is 5.57. The van der Waals surface area contributed by atoms with Crippen molar-refractivity contribution in [3.05, 3.63) is 96.1 Å². The molecule has 0 bridgehead atoms. The van der Waals surface area contributed by atoms with E-state index in [1.165, 1.54) is 17.5 Å². The first-order valence-electron chi connectivity index (χ1n) is 13.8. The van der Waals surface area contributed by atoms with E-state index in [9.17, 15) is 5.11 Å². The van der Waals surface area contributed by atoms with Crippen LogP contribution in [0.1, 0.15) is 30.7 Å². The van der Waals surface area contributed by atoms with E-state index in [1.807, 2.05) is 54.5 Å². The molecule has 42 heavy (non-hydrogen) atoms. The second kappa shape index (κ2) is 11.1. The van der Waals surface area contributed by atoms with E-state index in [0.717, 1.165) is 66.4 Å². The molecule has 0 spiro atoms. The molecule has 0 unspecified atom stereocenters. The number of nitrogens with one attached hydrogen (secondary N) is 2. The van der Waals surface area contributed by atoms with Crippen LogP contribution in [0.4, 0.5) is 17.3 Å². The lowest BCUT2D eigenvalue weighted by Crippen LogP contribution is -2.26. The maximum atomic E-state index is 10.3. The Kier molecular flexibility index (Phi) is 7.30. The number of pyridine rings is 3. The number of hydrogen-bond donors (Lipinski definition) is 3. The highest BCUT2D eigenvalue weighted by Gasteiger charge is 2.18. The summed E-state index contributed by atoms with van der Waals surface area (Å²) in [6, 6.07) is 20.5. The van der Waals surface area contributed by atoms with Crippen LogP contribution < -0.4 is 10.0 Å². The molecule has 4 aromatic heterocycles. The Labute approximate surface area is 249 Å². The highest BCUT2D eigenvalue weighted by Crippen LogP contribution is 2.34. The standard InChI is InChI=1S/C33H33N7OS/c1-20-14-21(2)37-31(15-20)39-42-25-8-6-24(7-9-25)38-30-16-27-23(17-35-30)12-13-34-32(27)26-10-11-29-28(22(26)3)18-36-40(29)19-33(4,5)41/h6-18,41H,19H2,1-5H3,(H,35,38)(H,37,39). The minimum atomic E-state index is -0.854. The topological polar surface area (TPSA) is 101 Å². The van der Waals surface area contributed by atoms with Gasteiger partial charge in [0.2, 0.25) is 0 Å². The van der Waals surface area contributed by atoms with Crippen molar-refractivity contribution in [2.24, 2.45) is 0 Å². The lowest BCUT2D eigenvalue weighted by atomic mass is 9.98. The van der Waals surface area contributed by atoms with Gasteiger partial charge in [0.05, 0.1) is 29.6 Å². The Morgan fingerprint density at radius 1 is 0.881 bits per heavy atom. The van der Waals surface area contributed by atoms with Crippen molar-refractivity contribution in [3.63, 3.8) is 0 Å². The van der Waals surface area contributed by atoms with E-state index in [1.54, 1.807) is 13.8 Å². The van der Waals surface area contributed by atoms with Crippen LogP contribution in [-0.4, -0.2) is 35.4 Å². The van der Waals surface area contributed by atoms with Gasteiger partial charge in [-0.15, -0.1) is 0 Å². The first kappa shape index (κ1) is 27.7. The van der Waals surface area contributed by atoms with Gasteiger partial charge in [0.25, 0.3) is 0 Å². The van der Waals surface area contributed by atoms with E-state index in [2.05, 4.69) is 75.4 Å². The molecule has 6 aromatic rings. The summed E-state index contributed by atoms with van der Waals surface area (Å²) in [5.74, 6) is 1.59. The Bertz CT molecular complexity index is 1890. The Hall–Kier alpha value is -4.47. The summed E-state index contributed by atoms with van der Waals surface area (Å²) in [7, 11) is 0. The molecule has 6 rings (SSSR count). The number of hydrogen-bond acceptors (Lipinski definition) is 8. The summed E-state index contributed by atoms with van der Waals surface area (Å²) < 4.78 is 5.19. The molecule has 3 N–H and O–H groups in total. The van der Waals surface area contributed by atoms with E-state index in [-0.39, 0.29) is 0 Å². The van der Waals surface area contributed by atoms with Crippen LogP contribution in [-0.2, 0) is 6.54 Å². The van der Waals surface area contributed by atoms with E-state index in [4.69, 9.17) is 4.98 Å². The minimum absolute atomic E-state index is 0.419. The summed E-state index contributed by atoms with van der Waals surface area (Å²) in [6.45, 7) is 10.2. The molecule has 0 radical (unpaired) electrons. The number of nitrogens with zero attached hydrogens (tertiary/aromatic N) is 5. The molecule has 0 aliphatic carbocycles. The van der Waals surface area contributed by atoms with Gasteiger partial charge in [-0.05, 0) is 112 Å². The highest BCUT2D eigenvalue weighted by atomic mass is 32.2. The number of aliphatic hydroxyl groups is 1. The van der Waals surface area contributed by atoms with Gasteiger partial charge in [-0.2, -0.15) is 5.10 Å². The number of benzene rings is 2. The third-order valence-corrected chi connectivity index (χ3v) is 7.85. The molecule has 8 nitrogen and oxygen atoms in total. The zero-order valence-electron chi connectivity index (χ0n) is 24.3. The average molecular weight is 576 g/mol. The number of aryl methyl sites for hydroxylation is 3. The van der Waals surface area contributed by atoms with Gasteiger partial charge in [0.1, 0.15) is 11.6 Å². The number of aromatic nitrogens is 5. The molecular weight excluding hydrogens is 542 g/mol. The molecule has 4 heterocycles. The van der Waals surface area contributed by atoms with Crippen LogP contribution in [0.2, 0.25) is 0 Å². The van der Waals surface area contributed by atoms with Crippen LogP contribution in [0.25, 0.3) is 32.9 Å². The van der Waals surface area contributed by atoms with E-state index in [0.29, 0.717) is 6.54 Å². The van der Waals surface area contributed by atoms with Gasteiger partial charge in [-0.25, -0.2) is 9.97 Å². The maximum Gasteiger partial charge on any atom is 0.136 e. The summed E-state index contributed by atoms with van der Waals surface area (Å²) in [5.41, 5.74) is 6.29. The minimum Gasteiger partial charge on any atom is -0.389 e. The quantitative estimate of drug-likeness (QED) is 0.160. The average Bonchev–Trinajstić information content (AvgIpc) is 3.34. The smallest absolute Gasteiger partial charge is 0.136 e. The van der Waals surface area contributed by atoms with Crippen LogP contribution in [0.3, 0.4) is 0 Å². The normalized spacial score (nSPS) is 11.8. The van der Waals surface area contributed by atoms with Gasteiger partial charge in [-0.1, -0.05) is 6.07 Å². The first-order chi connectivity index (χ1) is 20.1. The highest BCUT2D eigenvalue weighted by molar-refractivity contribution is 8.00. The van der Waals surface area contributed by atoms with Crippen molar-refractivity contribution in [1.82, 2.24) is 24.7 Å².